The second kappa shape index (κ2) is 10.8. The number of ether oxygens (including phenoxy) is 1. The van der Waals surface area contributed by atoms with E-state index in [4.69, 9.17) is 0 Å². The van der Waals surface area contributed by atoms with Crippen molar-refractivity contribution in [3.63, 3.8) is 0 Å². The van der Waals surface area contributed by atoms with Crippen molar-refractivity contribution in [2.24, 2.45) is 0 Å². The standard InChI is InChI=1S/C23H23F6N5O/c1-34(2)11-5-10-30-21-32-19(15-6-3-9-18(12-15)35-23(27,28)29)14-20(33-21)31-17-8-4-7-16(13-17)22(24,25)26/h3-4,6-9,12-14H,5,10-11H2,1-2H3,(H2,30,31,32,33). The molecule has 6 nitrogen and oxygen atoms in total. The molecule has 2 aromatic carbocycles. The van der Waals surface area contributed by atoms with Gasteiger partial charge in [-0.25, -0.2) is 4.98 Å². The Balaban J connectivity index is 1.93. The molecule has 0 saturated heterocycles. The zero-order chi connectivity index (χ0) is 25.6. The lowest BCUT2D eigenvalue weighted by Crippen LogP contribution is -2.17. The van der Waals surface area contributed by atoms with Crippen molar-refractivity contribution in [3.05, 3.63) is 60.2 Å². The highest BCUT2D eigenvalue weighted by Crippen LogP contribution is 2.32. The van der Waals surface area contributed by atoms with E-state index in [2.05, 4.69) is 25.3 Å². The van der Waals surface area contributed by atoms with E-state index >= 15 is 0 Å². The monoisotopic (exact) mass is 499 g/mol. The first-order valence-electron chi connectivity index (χ1n) is 10.5. The fraction of sp³-hybridized carbons (Fsp3) is 0.304. The first-order valence-corrected chi connectivity index (χ1v) is 10.5. The lowest BCUT2D eigenvalue weighted by atomic mass is 10.1. The molecule has 188 valence electrons. The number of hydrogen-bond donors (Lipinski definition) is 2. The third kappa shape index (κ3) is 8.32. The number of hydrogen-bond acceptors (Lipinski definition) is 6. The maximum Gasteiger partial charge on any atom is 0.573 e. The summed E-state index contributed by atoms with van der Waals surface area (Å²) in [7, 11) is 3.84. The summed E-state index contributed by atoms with van der Waals surface area (Å²) in [6.07, 6.45) is -8.63. The van der Waals surface area contributed by atoms with Crippen LogP contribution in [0.5, 0.6) is 5.75 Å². The average molecular weight is 499 g/mol. The van der Waals surface area contributed by atoms with Crippen molar-refractivity contribution in [2.45, 2.75) is 19.0 Å². The van der Waals surface area contributed by atoms with Crippen LogP contribution in [0.15, 0.2) is 54.6 Å². The molecule has 0 aliphatic carbocycles. The van der Waals surface area contributed by atoms with Gasteiger partial charge in [0.25, 0.3) is 0 Å². The predicted octanol–water partition coefficient (Wildman–Crippen LogP) is 6.17. The number of aromatic nitrogens is 2. The average Bonchev–Trinajstić information content (AvgIpc) is 2.75. The van der Waals surface area contributed by atoms with Crippen LogP contribution in [-0.4, -0.2) is 48.4 Å². The molecule has 0 spiro atoms. The zero-order valence-corrected chi connectivity index (χ0v) is 18.8. The summed E-state index contributed by atoms with van der Waals surface area (Å²) < 4.78 is 81.2. The minimum absolute atomic E-state index is 0.136. The second-order valence-corrected chi connectivity index (χ2v) is 7.82. The topological polar surface area (TPSA) is 62.3 Å². The molecule has 12 heteroatoms. The molecule has 1 aromatic heterocycles. The first kappa shape index (κ1) is 26.1. The van der Waals surface area contributed by atoms with Crippen LogP contribution in [0.2, 0.25) is 0 Å². The molecule has 0 aliphatic rings. The highest BCUT2D eigenvalue weighted by molar-refractivity contribution is 5.68. The van der Waals surface area contributed by atoms with Crippen molar-refractivity contribution < 1.29 is 31.1 Å². The van der Waals surface area contributed by atoms with Gasteiger partial charge in [0, 0.05) is 23.9 Å². The Morgan fingerprint density at radius 1 is 0.914 bits per heavy atom. The number of alkyl halides is 6. The molecule has 0 bridgehead atoms. The van der Waals surface area contributed by atoms with E-state index in [0.717, 1.165) is 31.2 Å². The van der Waals surface area contributed by atoms with Gasteiger partial charge in [0.2, 0.25) is 5.95 Å². The molecule has 2 N–H and O–H groups in total. The van der Waals surface area contributed by atoms with Crippen LogP contribution in [0.3, 0.4) is 0 Å². The van der Waals surface area contributed by atoms with Crippen LogP contribution in [0.25, 0.3) is 11.3 Å². The highest BCUT2D eigenvalue weighted by atomic mass is 19.4. The summed E-state index contributed by atoms with van der Waals surface area (Å²) in [5, 5.41) is 5.86. The minimum atomic E-state index is -4.86. The van der Waals surface area contributed by atoms with Crippen LogP contribution < -0.4 is 15.4 Å². The van der Waals surface area contributed by atoms with Crippen molar-refractivity contribution in [3.8, 4) is 17.0 Å². The molecule has 3 aromatic rings. The summed E-state index contributed by atoms with van der Waals surface area (Å²) in [5.74, 6) is -0.106. The summed E-state index contributed by atoms with van der Waals surface area (Å²) in [6.45, 7) is 1.29. The van der Waals surface area contributed by atoms with Crippen molar-refractivity contribution in [1.82, 2.24) is 14.9 Å². The van der Waals surface area contributed by atoms with Crippen molar-refractivity contribution in [2.75, 3.05) is 37.8 Å². The lowest BCUT2D eigenvalue weighted by Gasteiger charge is -2.14. The van der Waals surface area contributed by atoms with Gasteiger partial charge in [-0.05, 0) is 57.4 Å². The predicted molar refractivity (Wildman–Crippen MR) is 121 cm³/mol. The molecular formula is C23H23F6N5O. The van der Waals surface area contributed by atoms with E-state index in [1.807, 2.05) is 19.0 Å². The molecular weight excluding hydrogens is 476 g/mol. The number of nitrogens with one attached hydrogen (secondary N) is 2. The number of anilines is 3. The summed E-state index contributed by atoms with van der Waals surface area (Å²) in [6, 6.07) is 11.2. The normalized spacial score (nSPS) is 12.0. The maximum absolute atomic E-state index is 13.1. The molecule has 35 heavy (non-hydrogen) atoms. The van der Waals surface area contributed by atoms with E-state index < -0.39 is 23.9 Å². The summed E-state index contributed by atoms with van der Waals surface area (Å²) in [5.41, 5.74) is -0.150. The van der Waals surface area contributed by atoms with Gasteiger partial charge in [0.05, 0.1) is 11.3 Å². The largest absolute Gasteiger partial charge is 0.573 e. The number of nitrogens with zero attached hydrogens (tertiary/aromatic N) is 3. The first-order chi connectivity index (χ1) is 16.4. The minimum Gasteiger partial charge on any atom is -0.406 e. The number of halogens is 6. The fourth-order valence-electron chi connectivity index (χ4n) is 3.11. The van der Waals surface area contributed by atoms with Crippen LogP contribution in [0, 0.1) is 0 Å². The third-order valence-electron chi connectivity index (χ3n) is 4.62. The van der Waals surface area contributed by atoms with E-state index in [1.54, 1.807) is 0 Å². The van der Waals surface area contributed by atoms with Gasteiger partial charge in [-0.3, -0.25) is 0 Å². The summed E-state index contributed by atoms with van der Waals surface area (Å²) in [4.78, 5) is 10.7. The summed E-state index contributed by atoms with van der Waals surface area (Å²) >= 11 is 0. The molecule has 0 atom stereocenters. The molecule has 0 aliphatic heterocycles. The molecule has 0 radical (unpaired) electrons. The Morgan fingerprint density at radius 3 is 2.34 bits per heavy atom. The van der Waals surface area contributed by atoms with Gasteiger partial charge in [-0.15, -0.1) is 13.2 Å². The van der Waals surface area contributed by atoms with Crippen LogP contribution in [-0.2, 0) is 6.18 Å². The van der Waals surface area contributed by atoms with Gasteiger partial charge < -0.3 is 20.3 Å². The second-order valence-electron chi connectivity index (χ2n) is 7.82. The van der Waals surface area contributed by atoms with Crippen molar-refractivity contribution >= 4 is 17.5 Å². The molecule has 3 rings (SSSR count). The molecule has 1 heterocycles. The van der Waals surface area contributed by atoms with E-state index in [0.29, 0.717) is 12.1 Å². The van der Waals surface area contributed by atoms with Gasteiger partial charge in [-0.2, -0.15) is 18.2 Å². The van der Waals surface area contributed by atoms with Crippen LogP contribution >= 0.6 is 0 Å². The maximum atomic E-state index is 13.1. The van der Waals surface area contributed by atoms with E-state index in [1.165, 1.54) is 36.4 Å². The Bertz CT molecular complexity index is 1130. The molecule has 0 saturated carbocycles. The van der Waals surface area contributed by atoms with Crippen molar-refractivity contribution in [1.29, 1.82) is 0 Å². The Labute approximate surface area is 198 Å². The molecule has 0 unspecified atom stereocenters. The van der Waals surface area contributed by atoms with Crippen LogP contribution in [0.1, 0.15) is 12.0 Å². The Kier molecular flexibility index (Phi) is 8.05. The van der Waals surface area contributed by atoms with Gasteiger partial charge in [0.1, 0.15) is 11.6 Å². The molecule has 0 amide bonds. The number of rotatable bonds is 9. The van der Waals surface area contributed by atoms with E-state index in [-0.39, 0.29) is 23.1 Å². The van der Waals surface area contributed by atoms with Gasteiger partial charge in [-0.1, -0.05) is 18.2 Å². The third-order valence-corrected chi connectivity index (χ3v) is 4.62. The SMILES string of the molecule is CN(C)CCCNc1nc(Nc2cccc(C(F)(F)F)c2)cc(-c2cccc(OC(F)(F)F)c2)n1. The van der Waals surface area contributed by atoms with Gasteiger partial charge >= 0.3 is 12.5 Å². The zero-order valence-electron chi connectivity index (χ0n) is 18.8. The number of benzene rings is 2. The smallest absolute Gasteiger partial charge is 0.406 e. The highest BCUT2D eigenvalue weighted by Gasteiger charge is 2.31. The lowest BCUT2D eigenvalue weighted by molar-refractivity contribution is -0.274. The molecule has 0 fully saturated rings. The quantitative estimate of drug-likeness (QED) is 0.271. The fourth-order valence-corrected chi connectivity index (χ4v) is 3.11. The Morgan fingerprint density at radius 2 is 1.66 bits per heavy atom. The van der Waals surface area contributed by atoms with E-state index in [9.17, 15) is 26.3 Å². The van der Waals surface area contributed by atoms with Gasteiger partial charge in [0.15, 0.2) is 0 Å². The Hall–Kier alpha value is -3.54. The van der Waals surface area contributed by atoms with Crippen LogP contribution in [0.4, 0.5) is 43.8 Å².